The first-order chi connectivity index (χ1) is 11.9. The summed E-state index contributed by atoms with van der Waals surface area (Å²) in [6, 6.07) is 15.7. The molecule has 25 heavy (non-hydrogen) atoms. The number of benzene rings is 2. The number of hydrogen-bond donors (Lipinski definition) is 0. The molecular weight excluding hydrogens is 304 g/mol. The molecule has 0 fully saturated rings. The molecule has 0 saturated heterocycles. The molecule has 0 saturated carbocycles. The summed E-state index contributed by atoms with van der Waals surface area (Å²) < 4.78 is 5.03. The van der Waals surface area contributed by atoms with Crippen molar-refractivity contribution in [3.63, 3.8) is 0 Å². The summed E-state index contributed by atoms with van der Waals surface area (Å²) in [6.45, 7) is 11.8. The SMILES string of the molecule is CCc1c[n+]2c3ccccc3c3cccc4c3c2n1C(C)(C)C4(C)C. The Morgan fingerprint density at radius 1 is 0.920 bits per heavy atom. The Labute approximate surface area is 148 Å². The molecule has 0 amide bonds. The minimum atomic E-state index is 0.0107. The molecule has 4 aromatic rings. The molecule has 2 aromatic carbocycles. The van der Waals surface area contributed by atoms with Crippen LogP contribution in [-0.2, 0) is 17.4 Å². The van der Waals surface area contributed by atoms with E-state index in [0.29, 0.717) is 0 Å². The Balaban J connectivity index is 2.22. The number of aryl methyl sites for hydroxylation is 1. The van der Waals surface area contributed by atoms with Gasteiger partial charge in [0.1, 0.15) is 22.9 Å². The van der Waals surface area contributed by atoms with E-state index in [0.717, 1.165) is 6.42 Å². The largest absolute Gasteiger partial charge is 0.295 e. The number of hydrogen-bond acceptors (Lipinski definition) is 0. The van der Waals surface area contributed by atoms with E-state index in [1.807, 2.05) is 0 Å². The van der Waals surface area contributed by atoms with Crippen molar-refractivity contribution in [2.24, 2.45) is 0 Å². The second-order valence-corrected chi connectivity index (χ2v) is 8.43. The van der Waals surface area contributed by atoms with Crippen molar-refractivity contribution in [2.75, 3.05) is 0 Å². The molecule has 2 aromatic heterocycles. The normalized spacial score (nSPS) is 17.8. The molecule has 0 bridgehead atoms. The third-order valence-electron chi connectivity index (χ3n) is 6.87. The fraction of sp³-hybridized carbons (Fsp3) is 0.348. The summed E-state index contributed by atoms with van der Waals surface area (Å²) in [5.74, 6) is 0. The van der Waals surface area contributed by atoms with Crippen molar-refractivity contribution in [1.29, 1.82) is 0 Å². The monoisotopic (exact) mass is 329 g/mol. The first kappa shape index (κ1) is 14.9. The number of fused-ring (bicyclic) bond motifs is 3. The zero-order chi connectivity index (χ0) is 17.6. The van der Waals surface area contributed by atoms with Crippen LogP contribution >= 0.6 is 0 Å². The highest BCUT2D eigenvalue weighted by Gasteiger charge is 2.51. The van der Waals surface area contributed by atoms with Crippen molar-refractivity contribution in [1.82, 2.24) is 4.57 Å². The van der Waals surface area contributed by atoms with Gasteiger partial charge in [-0.15, -0.1) is 0 Å². The van der Waals surface area contributed by atoms with E-state index in [4.69, 9.17) is 0 Å². The van der Waals surface area contributed by atoms with Crippen LogP contribution in [0.1, 0.15) is 45.9 Å². The maximum atomic E-state index is 2.61. The van der Waals surface area contributed by atoms with Crippen molar-refractivity contribution in [3.05, 3.63) is 59.9 Å². The molecule has 3 heterocycles. The first-order valence-electron chi connectivity index (χ1n) is 9.30. The molecule has 1 aliphatic rings. The lowest BCUT2D eigenvalue weighted by molar-refractivity contribution is -0.480. The van der Waals surface area contributed by atoms with Crippen LogP contribution in [0.4, 0.5) is 0 Å². The van der Waals surface area contributed by atoms with Crippen LogP contribution in [0.3, 0.4) is 0 Å². The van der Waals surface area contributed by atoms with Crippen LogP contribution in [0, 0.1) is 0 Å². The summed E-state index contributed by atoms with van der Waals surface area (Å²) in [5.41, 5.74) is 5.59. The Morgan fingerprint density at radius 2 is 1.64 bits per heavy atom. The Bertz CT molecular complexity index is 1180. The molecule has 0 N–H and O–H groups in total. The third kappa shape index (κ3) is 1.54. The smallest absolute Gasteiger partial charge is 0.221 e. The minimum absolute atomic E-state index is 0.0107. The molecule has 5 rings (SSSR count). The Morgan fingerprint density at radius 3 is 2.40 bits per heavy atom. The Kier molecular flexibility index (Phi) is 2.65. The number of imidazole rings is 1. The van der Waals surface area contributed by atoms with E-state index in [-0.39, 0.29) is 11.0 Å². The average molecular weight is 329 g/mol. The second-order valence-electron chi connectivity index (χ2n) is 8.43. The Hall–Kier alpha value is -2.35. The predicted molar refractivity (Wildman–Crippen MR) is 104 cm³/mol. The second kappa shape index (κ2) is 4.43. The van der Waals surface area contributed by atoms with E-state index in [9.17, 15) is 0 Å². The molecule has 0 aliphatic carbocycles. The van der Waals surface area contributed by atoms with Crippen LogP contribution in [-0.4, -0.2) is 4.57 Å². The molecule has 0 spiro atoms. The molecule has 0 radical (unpaired) electrons. The topological polar surface area (TPSA) is 9.03 Å². The maximum absolute atomic E-state index is 2.61. The highest BCUT2D eigenvalue weighted by Crippen LogP contribution is 2.49. The van der Waals surface area contributed by atoms with Crippen LogP contribution in [0.25, 0.3) is 27.3 Å². The zero-order valence-electron chi connectivity index (χ0n) is 15.7. The number of nitrogens with zero attached hydrogens (tertiary/aromatic N) is 2. The molecule has 0 unspecified atom stereocenters. The molecule has 0 atom stereocenters. The van der Waals surface area contributed by atoms with Crippen LogP contribution in [0.5, 0.6) is 0 Å². The van der Waals surface area contributed by atoms with Gasteiger partial charge >= 0.3 is 0 Å². The van der Waals surface area contributed by atoms with Gasteiger partial charge in [-0.05, 0) is 25.5 Å². The van der Waals surface area contributed by atoms with Crippen LogP contribution in [0.15, 0.2) is 48.7 Å². The fourth-order valence-corrected chi connectivity index (χ4v) is 4.86. The molecule has 1 aliphatic heterocycles. The zero-order valence-corrected chi connectivity index (χ0v) is 15.7. The average Bonchev–Trinajstić information content (AvgIpc) is 3.01. The van der Waals surface area contributed by atoms with Gasteiger partial charge in [0.25, 0.3) is 5.65 Å². The van der Waals surface area contributed by atoms with Gasteiger partial charge in [-0.3, -0.25) is 0 Å². The molecule has 2 heteroatoms. The molecule has 126 valence electrons. The number of aromatic nitrogens is 2. The quantitative estimate of drug-likeness (QED) is 0.338. The third-order valence-corrected chi connectivity index (χ3v) is 6.87. The summed E-state index contributed by atoms with van der Waals surface area (Å²) in [7, 11) is 0. The van der Waals surface area contributed by atoms with Crippen molar-refractivity contribution in [2.45, 2.75) is 52.0 Å². The van der Waals surface area contributed by atoms with Gasteiger partial charge in [0.05, 0.1) is 5.39 Å². The summed E-state index contributed by atoms with van der Waals surface area (Å²) in [6.07, 6.45) is 3.40. The van der Waals surface area contributed by atoms with E-state index >= 15 is 0 Å². The number of rotatable bonds is 1. The van der Waals surface area contributed by atoms with E-state index in [1.54, 1.807) is 0 Å². The predicted octanol–water partition coefficient (Wildman–Crippen LogP) is 5.12. The van der Waals surface area contributed by atoms with Gasteiger partial charge in [-0.25, -0.2) is 4.57 Å². The van der Waals surface area contributed by atoms with Crippen LogP contribution < -0.4 is 4.40 Å². The standard InChI is InChI=1S/C23H25N2/c1-6-15-14-24-19-13-8-7-10-16(19)17-11-9-12-18-20(17)21(24)25(15)23(4,5)22(18,2)3/h7-14H,6H2,1-5H3/q+1. The number of pyridine rings is 1. The molecule has 2 nitrogen and oxygen atoms in total. The van der Waals surface area contributed by atoms with Crippen LogP contribution in [0.2, 0.25) is 0 Å². The lowest BCUT2D eigenvalue weighted by Crippen LogP contribution is -2.49. The summed E-state index contributed by atoms with van der Waals surface area (Å²) in [5, 5.41) is 4.14. The lowest BCUT2D eigenvalue weighted by Gasteiger charge is -2.43. The van der Waals surface area contributed by atoms with E-state index in [2.05, 4.69) is 92.2 Å². The fourth-order valence-electron chi connectivity index (χ4n) is 4.86. The number of para-hydroxylation sites is 1. The lowest BCUT2D eigenvalue weighted by atomic mass is 9.66. The van der Waals surface area contributed by atoms with Gasteiger partial charge < -0.3 is 0 Å². The minimum Gasteiger partial charge on any atom is -0.221 e. The van der Waals surface area contributed by atoms with Crippen molar-refractivity contribution in [3.8, 4) is 0 Å². The van der Waals surface area contributed by atoms with Gasteiger partial charge in [-0.1, -0.05) is 57.2 Å². The molecular formula is C23H25N2+. The van der Waals surface area contributed by atoms with Crippen molar-refractivity contribution < 1.29 is 4.40 Å². The van der Waals surface area contributed by atoms with Gasteiger partial charge in [0.15, 0.2) is 0 Å². The summed E-state index contributed by atoms with van der Waals surface area (Å²) in [4.78, 5) is 0. The first-order valence-corrected chi connectivity index (χ1v) is 9.30. The summed E-state index contributed by atoms with van der Waals surface area (Å²) >= 11 is 0. The van der Waals surface area contributed by atoms with Gasteiger partial charge in [-0.2, -0.15) is 4.40 Å². The van der Waals surface area contributed by atoms with E-state index in [1.165, 1.54) is 38.6 Å². The van der Waals surface area contributed by atoms with Crippen molar-refractivity contribution >= 4 is 27.3 Å². The van der Waals surface area contributed by atoms with Gasteiger partial charge in [0, 0.05) is 22.6 Å². The maximum Gasteiger partial charge on any atom is 0.295 e. The van der Waals surface area contributed by atoms with Gasteiger partial charge in [0.2, 0.25) is 0 Å². The van der Waals surface area contributed by atoms with E-state index < -0.39 is 0 Å². The highest BCUT2D eigenvalue weighted by atomic mass is 15.2. The highest BCUT2D eigenvalue weighted by molar-refractivity contribution is 6.11.